The lowest BCUT2D eigenvalue weighted by molar-refractivity contribution is 0.533. The predicted molar refractivity (Wildman–Crippen MR) is 51.3 cm³/mol. The summed E-state index contributed by atoms with van der Waals surface area (Å²) in [5.74, 6) is 0. The van der Waals surface area contributed by atoms with Crippen molar-refractivity contribution in [2.24, 2.45) is 0 Å². The first kappa shape index (κ1) is 9.66. The van der Waals surface area contributed by atoms with E-state index >= 15 is 0 Å². The normalized spacial score (nSPS) is 15.8. The van der Waals surface area contributed by atoms with Crippen molar-refractivity contribution in [3.63, 3.8) is 0 Å². The van der Waals surface area contributed by atoms with Crippen molar-refractivity contribution in [1.82, 2.24) is 4.72 Å². The highest BCUT2D eigenvalue weighted by Crippen LogP contribution is 2.41. The molecule has 0 aromatic carbocycles. The molecule has 0 bridgehead atoms. The third-order valence-electron chi connectivity index (χ3n) is 0.556. The second-order valence-corrected chi connectivity index (χ2v) is 9.11. The zero-order chi connectivity index (χ0) is 7.71. The Morgan fingerprint density at radius 1 is 1.22 bits per heavy atom. The average molecular weight is 167 g/mol. The first-order chi connectivity index (χ1) is 3.71. The van der Waals surface area contributed by atoms with Crippen LogP contribution < -0.4 is 4.72 Å². The minimum absolute atomic E-state index is 0.195. The number of rotatable bonds is 1. The molecule has 0 spiro atoms. The van der Waals surface area contributed by atoms with Gasteiger partial charge in [-0.1, -0.05) is 0 Å². The van der Waals surface area contributed by atoms with Crippen molar-refractivity contribution in [3.05, 3.63) is 0 Å². The SMILES string of the molecule is CC(C)(C)NS(C)(C)S. The van der Waals surface area contributed by atoms with E-state index in [4.69, 9.17) is 0 Å². The van der Waals surface area contributed by atoms with Crippen LogP contribution in [0.5, 0.6) is 0 Å². The fourth-order valence-corrected chi connectivity index (χ4v) is 3.07. The highest BCUT2D eigenvalue weighted by Gasteiger charge is 2.15. The van der Waals surface area contributed by atoms with Gasteiger partial charge in [0.25, 0.3) is 0 Å². The molecule has 1 N–H and O–H groups in total. The van der Waals surface area contributed by atoms with Crippen molar-refractivity contribution in [1.29, 1.82) is 0 Å². The minimum atomic E-state index is -0.837. The summed E-state index contributed by atoms with van der Waals surface area (Å²) >= 11 is 4.42. The van der Waals surface area contributed by atoms with Gasteiger partial charge in [-0.3, -0.25) is 4.72 Å². The van der Waals surface area contributed by atoms with Gasteiger partial charge in [0.15, 0.2) is 0 Å². The van der Waals surface area contributed by atoms with Crippen LogP contribution in [0.4, 0.5) is 0 Å². The summed E-state index contributed by atoms with van der Waals surface area (Å²) in [6, 6.07) is 0. The van der Waals surface area contributed by atoms with Crippen molar-refractivity contribution < 1.29 is 0 Å². The maximum atomic E-state index is 4.42. The highest BCUT2D eigenvalue weighted by molar-refractivity contribution is 8.86. The van der Waals surface area contributed by atoms with E-state index in [0.29, 0.717) is 0 Å². The fraction of sp³-hybridized carbons (Fsp3) is 1.00. The van der Waals surface area contributed by atoms with E-state index in [-0.39, 0.29) is 5.54 Å². The Labute approximate surface area is 64.9 Å². The van der Waals surface area contributed by atoms with Gasteiger partial charge >= 0.3 is 0 Å². The van der Waals surface area contributed by atoms with Gasteiger partial charge in [0.1, 0.15) is 0 Å². The van der Waals surface area contributed by atoms with Gasteiger partial charge in [0.05, 0.1) is 0 Å². The molecular formula is C6H17NS2. The molecule has 0 aromatic heterocycles. The molecule has 9 heavy (non-hydrogen) atoms. The molecule has 0 radical (unpaired) electrons. The Hall–Kier alpha value is 0.660. The molecule has 1 nitrogen and oxygen atoms in total. The molecule has 3 heteroatoms. The summed E-state index contributed by atoms with van der Waals surface area (Å²) < 4.78 is 3.41. The Balaban J connectivity index is 3.75. The van der Waals surface area contributed by atoms with Crippen LogP contribution in [0, 0.1) is 0 Å². The molecule has 0 aliphatic rings. The smallest absolute Gasteiger partial charge is 0.0190 e. The van der Waals surface area contributed by atoms with Crippen LogP contribution in [0.2, 0.25) is 0 Å². The van der Waals surface area contributed by atoms with Crippen molar-refractivity contribution in [2.75, 3.05) is 12.5 Å². The molecule has 0 aliphatic carbocycles. The molecule has 0 heterocycles. The van der Waals surface area contributed by atoms with Crippen LogP contribution >= 0.6 is 20.9 Å². The lowest BCUT2D eigenvalue weighted by Crippen LogP contribution is -2.35. The first-order valence-corrected chi connectivity index (χ1v) is 6.46. The number of hydrogen-bond acceptors (Lipinski definition) is 2. The molecule has 0 aromatic rings. The summed E-state index contributed by atoms with van der Waals surface area (Å²) in [5, 5.41) is 0. The molecule has 0 unspecified atom stereocenters. The zero-order valence-corrected chi connectivity index (χ0v) is 8.57. The average Bonchev–Trinajstić information content (AvgIpc) is 1.14. The third-order valence-corrected chi connectivity index (χ3v) is 1.94. The van der Waals surface area contributed by atoms with Gasteiger partial charge < -0.3 is 0 Å². The molecule has 0 amide bonds. The maximum absolute atomic E-state index is 4.42. The van der Waals surface area contributed by atoms with E-state index in [0.717, 1.165) is 0 Å². The Morgan fingerprint density at radius 3 is 1.56 bits per heavy atom. The molecule has 0 fully saturated rings. The fourth-order valence-electron chi connectivity index (χ4n) is 0.749. The van der Waals surface area contributed by atoms with Crippen LogP contribution in [-0.4, -0.2) is 18.1 Å². The quantitative estimate of drug-likeness (QED) is 0.451. The van der Waals surface area contributed by atoms with Crippen molar-refractivity contribution >= 4 is 20.9 Å². The molecular weight excluding hydrogens is 150 g/mol. The van der Waals surface area contributed by atoms with E-state index in [1.807, 2.05) is 0 Å². The lowest BCUT2D eigenvalue weighted by Gasteiger charge is -2.34. The zero-order valence-electron chi connectivity index (χ0n) is 6.86. The number of hydrogen-bond donors (Lipinski definition) is 2. The summed E-state index contributed by atoms with van der Waals surface area (Å²) in [4.78, 5) is 0. The molecule has 0 saturated heterocycles. The molecule has 0 aliphatic heterocycles. The van der Waals surface area contributed by atoms with Gasteiger partial charge in [0.2, 0.25) is 0 Å². The van der Waals surface area contributed by atoms with Crippen LogP contribution in [-0.2, 0) is 0 Å². The van der Waals surface area contributed by atoms with Crippen LogP contribution in [0.15, 0.2) is 0 Å². The van der Waals surface area contributed by atoms with Crippen LogP contribution in [0.1, 0.15) is 20.8 Å². The van der Waals surface area contributed by atoms with Crippen molar-refractivity contribution in [2.45, 2.75) is 26.3 Å². The van der Waals surface area contributed by atoms with E-state index < -0.39 is 9.25 Å². The van der Waals surface area contributed by atoms with E-state index in [9.17, 15) is 0 Å². The highest BCUT2D eigenvalue weighted by atomic mass is 33.1. The van der Waals surface area contributed by atoms with Crippen LogP contribution in [0.25, 0.3) is 0 Å². The topological polar surface area (TPSA) is 12.0 Å². The maximum Gasteiger partial charge on any atom is 0.0190 e. The largest absolute Gasteiger partial charge is 0.268 e. The Kier molecular flexibility index (Phi) is 2.92. The summed E-state index contributed by atoms with van der Waals surface area (Å²) in [6.45, 7) is 6.45. The Bertz CT molecular complexity index is 76.2. The van der Waals surface area contributed by atoms with Crippen molar-refractivity contribution in [3.8, 4) is 0 Å². The summed E-state index contributed by atoms with van der Waals surface area (Å²) in [6.07, 6.45) is 4.25. The monoisotopic (exact) mass is 167 g/mol. The molecule has 0 atom stereocenters. The van der Waals surface area contributed by atoms with E-state index in [1.165, 1.54) is 0 Å². The second kappa shape index (κ2) is 2.72. The Morgan fingerprint density at radius 2 is 1.56 bits per heavy atom. The molecule has 0 rings (SSSR count). The van der Waals surface area contributed by atoms with Gasteiger partial charge in [-0.15, -0.1) is 20.9 Å². The minimum Gasteiger partial charge on any atom is -0.268 e. The molecule has 0 saturated carbocycles. The third kappa shape index (κ3) is 8.66. The second-order valence-electron chi connectivity index (χ2n) is 3.62. The lowest BCUT2D eigenvalue weighted by atomic mass is 10.1. The van der Waals surface area contributed by atoms with Crippen LogP contribution in [0.3, 0.4) is 0 Å². The predicted octanol–water partition coefficient (Wildman–Crippen LogP) is 2.20. The van der Waals surface area contributed by atoms with Gasteiger partial charge in [-0.05, 0) is 33.3 Å². The van der Waals surface area contributed by atoms with Gasteiger partial charge in [-0.25, -0.2) is 0 Å². The summed E-state index contributed by atoms with van der Waals surface area (Å²) in [5.41, 5.74) is 0.195. The van der Waals surface area contributed by atoms with Gasteiger partial charge in [0, 0.05) is 5.54 Å². The summed E-state index contributed by atoms with van der Waals surface area (Å²) in [7, 11) is -0.837. The van der Waals surface area contributed by atoms with E-state index in [1.54, 1.807) is 0 Å². The number of thiol groups is 1. The van der Waals surface area contributed by atoms with E-state index in [2.05, 4.69) is 49.7 Å². The molecule has 58 valence electrons. The van der Waals surface area contributed by atoms with Gasteiger partial charge in [-0.2, -0.15) is 0 Å². The first-order valence-electron chi connectivity index (χ1n) is 2.95. The standard InChI is InChI=1S/C6H17NS2/c1-6(2,3)7-9(4,5)8/h7-8H,1-5H3. The number of nitrogens with one attached hydrogen (secondary N) is 1.